The number of carbonyl (C=O) groups excluding carboxylic acids is 1. The number of amides is 1. The van der Waals surface area contributed by atoms with E-state index in [-0.39, 0.29) is 16.3 Å². The minimum Gasteiger partial charge on any atom is -0.347 e. The molecule has 2 aromatic carbocycles. The number of aryl methyl sites for hydroxylation is 1. The van der Waals surface area contributed by atoms with Crippen LogP contribution in [0.2, 0.25) is 0 Å². The van der Waals surface area contributed by atoms with Crippen LogP contribution in [0.3, 0.4) is 0 Å². The Labute approximate surface area is 161 Å². The van der Waals surface area contributed by atoms with Crippen molar-refractivity contribution in [1.29, 1.82) is 0 Å². The molecular formula is C21H26N2O3S. The highest BCUT2D eigenvalue weighted by molar-refractivity contribution is 7.89. The quantitative estimate of drug-likeness (QED) is 0.853. The highest BCUT2D eigenvalue weighted by Crippen LogP contribution is 2.30. The first kappa shape index (κ1) is 19.6. The van der Waals surface area contributed by atoms with E-state index >= 15 is 0 Å². The van der Waals surface area contributed by atoms with Crippen molar-refractivity contribution in [2.75, 3.05) is 0 Å². The molecule has 0 radical (unpaired) electrons. The maximum Gasteiger partial charge on any atom is 0.251 e. The lowest BCUT2D eigenvalue weighted by Gasteiger charge is -2.25. The Morgan fingerprint density at radius 2 is 1.70 bits per heavy atom. The fourth-order valence-electron chi connectivity index (χ4n) is 3.10. The van der Waals surface area contributed by atoms with E-state index in [1.54, 1.807) is 19.1 Å². The molecule has 5 nitrogen and oxygen atoms in total. The fourth-order valence-corrected chi connectivity index (χ4v) is 4.75. The van der Waals surface area contributed by atoms with Gasteiger partial charge in [0, 0.05) is 24.2 Å². The van der Waals surface area contributed by atoms with Crippen molar-refractivity contribution >= 4 is 15.9 Å². The van der Waals surface area contributed by atoms with Crippen molar-refractivity contribution in [2.24, 2.45) is 0 Å². The molecule has 0 unspecified atom stereocenters. The average molecular weight is 387 g/mol. The molecule has 0 atom stereocenters. The zero-order valence-corrected chi connectivity index (χ0v) is 17.1. The van der Waals surface area contributed by atoms with Crippen molar-refractivity contribution in [1.82, 2.24) is 9.62 Å². The SMILES string of the molecule is CCC(C)(C)NC(=O)c1ccc(C)c(S(=O)(=O)N2Cc3ccccc3C2)c1. The van der Waals surface area contributed by atoms with Crippen LogP contribution in [-0.4, -0.2) is 24.2 Å². The summed E-state index contributed by atoms with van der Waals surface area (Å²) in [5.74, 6) is -0.261. The molecule has 0 saturated heterocycles. The second-order valence-electron chi connectivity index (χ2n) is 7.71. The molecule has 2 aromatic rings. The van der Waals surface area contributed by atoms with Crippen LogP contribution in [0.25, 0.3) is 0 Å². The van der Waals surface area contributed by atoms with Crippen molar-refractivity contribution in [3.63, 3.8) is 0 Å². The molecule has 1 aliphatic rings. The summed E-state index contributed by atoms with van der Waals surface area (Å²) >= 11 is 0. The number of sulfonamides is 1. The van der Waals surface area contributed by atoms with Crippen molar-refractivity contribution in [2.45, 2.75) is 57.6 Å². The topological polar surface area (TPSA) is 66.5 Å². The summed E-state index contributed by atoms with van der Waals surface area (Å²) in [5.41, 5.74) is 2.70. The summed E-state index contributed by atoms with van der Waals surface area (Å²) in [5, 5.41) is 2.96. The first-order valence-electron chi connectivity index (χ1n) is 9.14. The third-order valence-electron chi connectivity index (χ3n) is 5.22. The van der Waals surface area contributed by atoms with Gasteiger partial charge in [-0.1, -0.05) is 37.3 Å². The normalized spacial score (nSPS) is 14.8. The van der Waals surface area contributed by atoms with Gasteiger partial charge in [0.1, 0.15) is 0 Å². The summed E-state index contributed by atoms with van der Waals surface area (Å²) < 4.78 is 27.9. The van der Waals surface area contributed by atoms with Crippen LogP contribution < -0.4 is 5.32 Å². The van der Waals surface area contributed by atoms with Crippen LogP contribution in [-0.2, 0) is 23.1 Å². The molecule has 1 aliphatic heterocycles. The Bertz CT molecular complexity index is 956. The van der Waals surface area contributed by atoms with Crippen LogP contribution in [0.15, 0.2) is 47.4 Å². The van der Waals surface area contributed by atoms with E-state index < -0.39 is 10.0 Å². The third-order valence-corrected chi connectivity index (χ3v) is 7.15. The number of fused-ring (bicyclic) bond motifs is 1. The Kier molecular flexibility index (Phi) is 5.14. The molecule has 6 heteroatoms. The van der Waals surface area contributed by atoms with Gasteiger partial charge in [0.2, 0.25) is 10.0 Å². The maximum atomic E-state index is 13.2. The van der Waals surface area contributed by atoms with Crippen LogP contribution in [0.1, 0.15) is 54.2 Å². The molecule has 0 fully saturated rings. The zero-order valence-electron chi connectivity index (χ0n) is 16.2. The lowest BCUT2D eigenvalue weighted by Crippen LogP contribution is -2.42. The Balaban J connectivity index is 1.91. The van der Waals surface area contributed by atoms with Gasteiger partial charge in [-0.25, -0.2) is 8.42 Å². The zero-order chi connectivity index (χ0) is 19.8. The molecule has 0 aliphatic carbocycles. The van der Waals surface area contributed by atoms with Crippen LogP contribution in [0.5, 0.6) is 0 Å². The summed E-state index contributed by atoms with van der Waals surface area (Å²) in [7, 11) is -3.69. The minimum absolute atomic E-state index is 0.192. The second-order valence-corrected chi connectivity index (χ2v) is 9.62. The van der Waals surface area contributed by atoms with Crippen molar-refractivity contribution in [3.05, 3.63) is 64.7 Å². The summed E-state index contributed by atoms with van der Waals surface area (Å²) in [6, 6.07) is 12.6. The summed E-state index contributed by atoms with van der Waals surface area (Å²) in [6.45, 7) is 8.36. The van der Waals surface area contributed by atoms with E-state index in [0.717, 1.165) is 17.5 Å². The average Bonchev–Trinajstić information content (AvgIpc) is 3.06. The van der Waals surface area contributed by atoms with Gasteiger partial charge in [-0.05, 0) is 56.0 Å². The van der Waals surface area contributed by atoms with Crippen LogP contribution in [0, 0.1) is 6.92 Å². The number of hydrogen-bond donors (Lipinski definition) is 1. The first-order chi connectivity index (χ1) is 12.6. The van der Waals surface area contributed by atoms with Gasteiger partial charge in [-0.2, -0.15) is 4.31 Å². The molecule has 1 heterocycles. The molecule has 0 saturated carbocycles. The Morgan fingerprint density at radius 1 is 1.11 bits per heavy atom. The van der Waals surface area contributed by atoms with Crippen molar-refractivity contribution in [3.8, 4) is 0 Å². The van der Waals surface area contributed by atoms with E-state index in [0.29, 0.717) is 24.2 Å². The lowest BCUT2D eigenvalue weighted by molar-refractivity contribution is 0.0911. The number of carbonyl (C=O) groups is 1. The highest BCUT2D eigenvalue weighted by Gasteiger charge is 2.32. The van der Waals surface area contributed by atoms with Gasteiger partial charge in [0.25, 0.3) is 5.91 Å². The van der Waals surface area contributed by atoms with Gasteiger partial charge in [-0.3, -0.25) is 4.79 Å². The van der Waals surface area contributed by atoms with Crippen molar-refractivity contribution < 1.29 is 13.2 Å². The largest absolute Gasteiger partial charge is 0.347 e. The number of benzene rings is 2. The van der Waals surface area contributed by atoms with Gasteiger partial charge >= 0.3 is 0 Å². The minimum atomic E-state index is -3.69. The molecule has 1 amide bonds. The van der Waals surface area contributed by atoms with E-state index in [1.807, 2.05) is 45.0 Å². The summed E-state index contributed by atoms with van der Waals surface area (Å²) in [6.07, 6.45) is 0.780. The van der Waals surface area contributed by atoms with Gasteiger partial charge in [-0.15, -0.1) is 0 Å². The molecule has 3 rings (SSSR count). The van der Waals surface area contributed by atoms with Crippen LogP contribution in [0.4, 0.5) is 0 Å². The first-order valence-corrected chi connectivity index (χ1v) is 10.6. The molecule has 144 valence electrons. The molecular weight excluding hydrogens is 360 g/mol. The third kappa shape index (κ3) is 3.92. The molecule has 0 spiro atoms. The van der Waals surface area contributed by atoms with E-state index in [4.69, 9.17) is 0 Å². The molecule has 0 bridgehead atoms. The lowest BCUT2D eigenvalue weighted by atomic mass is 10.0. The Morgan fingerprint density at radius 3 is 2.26 bits per heavy atom. The molecule has 27 heavy (non-hydrogen) atoms. The number of nitrogens with zero attached hydrogens (tertiary/aromatic N) is 1. The summed E-state index contributed by atoms with van der Waals surface area (Å²) in [4.78, 5) is 12.8. The van der Waals surface area contributed by atoms with E-state index in [9.17, 15) is 13.2 Å². The predicted octanol–water partition coefficient (Wildman–Crippen LogP) is 3.62. The highest BCUT2D eigenvalue weighted by atomic mass is 32.2. The monoisotopic (exact) mass is 386 g/mol. The maximum absolute atomic E-state index is 13.2. The molecule has 1 N–H and O–H groups in total. The van der Waals surface area contributed by atoms with E-state index in [2.05, 4.69) is 5.32 Å². The second kappa shape index (κ2) is 7.09. The number of nitrogens with one attached hydrogen (secondary N) is 1. The molecule has 0 aromatic heterocycles. The Hall–Kier alpha value is -2.18. The number of hydrogen-bond acceptors (Lipinski definition) is 3. The van der Waals surface area contributed by atoms with Gasteiger partial charge in [0.15, 0.2) is 0 Å². The standard InChI is InChI=1S/C21H26N2O3S/c1-5-21(3,4)22-20(24)16-11-10-15(2)19(12-16)27(25,26)23-13-17-8-6-7-9-18(17)14-23/h6-12H,5,13-14H2,1-4H3,(H,22,24). The van der Waals surface area contributed by atoms with Gasteiger partial charge in [0.05, 0.1) is 4.90 Å². The van der Waals surface area contributed by atoms with Gasteiger partial charge < -0.3 is 5.32 Å². The number of rotatable bonds is 5. The smallest absolute Gasteiger partial charge is 0.251 e. The predicted molar refractivity (Wildman–Crippen MR) is 106 cm³/mol. The fraction of sp³-hybridized carbons (Fsp3) is 0.381. The van der Waals surface area contributed by atoms with E-state index in [1.165, 1.54) is 10.4 Å². The van der Waals surface area contributed by atoms with Crippen LogP contribution >= 0.6 is 0 Å².